The van der Waals surface area contributed by atoms with Gasteiger partial charge in [0.25, 0.3) is 0 Å². The van der Waals surface area contributed by atoms with Gasteiger partial charge in [-0.15, -0.1) is 0 Å². The Morgan fingerprint density at radius 3 is 2.18 bits per heavy atom. The zero-order chi connectivity index (χ0) is 7.40. The monoisotopic (exact) mass is 178 g/mol. The fourth-order valence-electron chi connectivity index (χ4n) is 0.959. The first-order chi connectivity index (χ1) is 4.83. The molecule has 1 aromatic rings. The molecule has 0 spiro atoms. The van der Waals surface area contributed by atoms with Gasteiger partial charge in [-0.3, -0.25) is 0 Å². The second kappa shape index (κ2) is 5.87. The molecule has 0 bridgehead atoms. The van der Waals surface area contributed by atoms with Crippen molar-refractivity contribution in [1.82, 2.24) is 0 Å². The van der Waals surface area contributed by atoms with E-state index in [0.717, 1.165) is 0 Å². The van der Waals surface area contributed by atoms with Gasteiger partial charge in [0.1, 0.15) is 0 Å². The third-order valence-corrected chi connectivity index (χ3v) is 1.94. The summed E-state index contributed by atoms with van der Waals surface area (Å²) in [5.74, 6) is 0. The summed E-state index contributed by atoms with van der Waals surface area (Å²) in [6.45, 7) is 2.12. The van der Waals surface area contributed by atoms with E-state index < -0.39 is 0 Å². The maximum atomic E-state index is 2.21. The second-order valence-corrected chi connectivity index (χ2v) is 3.30. The summed E-state index contributed by atoms with van der Waals surface area (Å²) < 4.78 is 1.27. The number of hydrogen-bond donors (Lipinski definition) is 0. The minimum atomic E-state index is 0. The van der Waals surface area contributed by atoms with Gasteiger partial charge < -0.3 is 12.4 Å². The van der Waals surface area contributed by atoms with Crippen molar-refractivity contribution in [3.05, 3.63) is 35.4 Å². The van der Waals surface area contributed by atoms with Gasteiger partial charge in [-0.2, -0.15) is 0 Å². The van der Waals surface area contributed by atoms with E-state index >= 15 is 0 Å². The summed E-state index contributed by atoms with van der Waals surface area (Å²) in [5.41, 5.74) is 2.81. The Labute approximate surface area is 87.2 Å². The van der Waals surface area contributed by atoms with Crippen molar-refractivity contribution < 1.29 is 12.4 Å². The van der Waals surface area contributed by atoms with E-state index in [0.29, 0.717) is 0 Å². The van der Waals surface area contributed by atoms with Crippen LogP contribution in [0.3, 0.4) is 0 Å². The van der Waals surface area contributed by atoms with Crippen molar-refractivity contribution in [2.45, 2.75) is 17.9 Å². The Balaban J connectivity index is 0.000001000. The molecular weight excluding hydrogens is 168 g/mol. The van der Waals surface area contributed by atoms with E-state index in [-0.39, 0.29) is 12.4 Å². The van der Waals surface area contributed by atoms with Crippen molar-refractivity contribution in [3.63, 3.8) is 0 Å². The van der Waals surface area contributed by atoms with E-state index in [4.69, 9.17) is 0 Å². The molecule has 0 aliphatic rings. The number of benzene rings is 1. The van der Waals surface area contributed by atoms with E-state index in [1.54, 1.807) is 0 Å². The Hall–Kier alpha value is 0.276. The Kier molecular flexibility index (Phi) is 6.01. The van der Waals surface area contributed by atoms with Crippen molar-refractivity contribution >= 4 is 21.7 Å². The van der Waals surface area contributed by atoms with Gasteiger partial charge in [0.05, 0.1) is 0 Å². The topological polar surface area (TPSA) is 0 Å². The van der Waals surface area contributed by atoms with Crippen LogP contribution in [0.2, 0.25) is 4.55 Å². The predicted molar refractivity (Wildman–Crippen MR) is 45.4 cm³/mol. The Morgan fingerprint density at radius 1 is 1.18 bits per heavy atom. The van der Waals surface area contributed by atoms with Crippen LogP contribution in [0.15, 0.2) is 24.3 Å². The van der Waals surface area contributed by atoms with Crippen LogP contribution in [-0.4, -0.2) is 21.7 Å². The van der Waals surface area contributed by atoms with E-state index in [2.05, 4.69) is 31.2 Å². The van der Waals surface area contributed by atoms with Crippen LogP contribution < -0.4 is 12.4 Å². The molecule has 0 N–H and O–H groups in total. The Bertz CT molecular complexity index is 193. The number of rotatable bonds is 2. The molecule has 11 heavy (non-hydrogen) atoms. The molecule has 0 atom stereocenters. The molecule has 0 aliphatic carbocycles. The van der Waals surface area contributed by atoms with E-state index in [1.807, 2.05) is 21.7 Å². The molecule has 0 heterocycles. The quantitative estimate of drug-likeness (QED) is 0.517. The summed E-state index contributed by atoms with van der Waals surface area (Å²) in [5, 5.41) is 0. The second-order valence-electron chi connectivity index (χ2n) is 2.59. The van der Waals surface area contributed by atoms with Gasteiger partial charge in [-0.1, -0.05) is 0 Å². The average Bonchev–Trinajstić information content (AvgIpc) is 1.95. The molecule has 2 heteroatoms. The smallest absolute Gasteiger partial charge is 1.00 e. The van der Waals surface area contributed by atoms with Crippen LogP contribution in [0.5, 0.6) is 0 Å². The van der Waals surface area contributed by atoms with E-state index in [1.165, 1.54) is 22.1 Å². The standard InChI is InChI=1S/C9H11.ClH.Mg/c1-3-9-6-4-8(2)5-7-9;;/h4-7H,1,3H2,2H3;1H;/q;;+1/p-1. The number of halogens is 1. The van der Waals surface area contributed by atoms with Gasteiger partial charge >= 0.3 is 75.0 Å². The van der Waals surface area contributed by atoms with Crippen LogP contribution in [0.4, 0.5) is 0 Å². The molecule has 0 saturated carbocycles. The van der Waals surface area contributed by atoms with E-state index in [9.17, 15) is 0 Å². The summed E-state index contributed by atoms with van der Waals surface area (Å²) >= 11 is 2.03. The van der Waals surface area contributed by atoms with Gasteiger partial charge in [-0.05, 0) is 0 Å². The molecule has 1 aromatic carbocycles. The summed E-state index contributed by atoms with van der Waals surface area (Å²) in [6.07, 6.45) is 1.22. The normalized spacial score (nSPS) is 9.00. The van der Waals surface area contributed by atoms with Gasteiger partial charge in [-0.25, -0.2) is 0 Å². The first-order valence-corrected chi connectivity index (χ1v) is 4.67. The predicted octanol–water partition coefficient (Wildman–Crippen LogP) is -0.872. The first kappa shape index (κ1) is 11.3. The van der Waals surface area contributed by atoms with Gasteiger partial charge in [0.2, 0.25) is 0 Å². The molecule has 1 rings (SSSR count). The molecule has 0 nitrogen and oxygen atoms in total. The van der Waals surface area contributed by atoms with Crippen molar-refractivity contribution in [2.75, 3.05) is 0 Å². The molecule has 0 saturated heterocycles. The minimum absolute atomic E-state index is 0. The maximum Gasteiger partial charge on any atom is -1.00 e. The number of aryl methyl sites for hydroxylation is 2. The van der Waals surface area contributed by atoms with Gasteiger partial charge in [0.15, 0.2) is 0 Å². The van der Waals surface area contributed by atoms with Crippen LogP contribution in [0.25, 0.3) is 0 Å². The third-order valence-electron chi connectivity index (χ3n) is 1.59. The fraction of sp³-hybridized carbons (Fsp3) is 0.333. The van der Waals surface area contributed by atoms with Crippen LogP contribution in [-0.2, 0) is 6.42 Å². The molecule has 56 valence electrons. The zero-order valence-electron chi connectivity index (χ0n) is 6.81. The fourth-order valence-corrected chi connectivity index (χ4v) is 1.37. The van der Waals surface area contributed by atoms with Crippen molar-refractivity contribution in [3.8, 4) is 0 Å². The molecule has 0 radical (unpaired) electrons. The Morgan fingerprint density at radius 2 is 1.73 bits per heavy atom. The van der Waals surface area contributed by atoms with Crippen LogP contribution in [0, 0.1) is 6.92 Å². The minimum Gasteiger partial charge on any atom is -1.00 e. The van der Waals surface area contributed by atoms with Crippen LogP contribution in [0.1, 0.15) is 11.1 Å². The molecule has 0 fully saturated rings. The summed E-state index contributed by atoms with van der Waals surface area (Å²) in [6, 6.07) is 8.77. The first-order valence-electron chi connectivity index (χ1n) is 3.67. The van der Waals surface area contributed by atoms with Crippen LogP contribution >= 0.6 is 0 Å². The number of hydrogen-bond acceptors (Lipinski definition) is 0. The third kappa shape index (κ3) is 3.99. The molecule has 0 amide bonds. The summed E-state index contributed by atoms with van der Waals surface area (Å²) in [4.78, 5) is 0. The molecule has 0 aromatic heterocycles. The summed E-state index contributed by atoms with van der Waals surface area (Å²) in [7, 11) is 0. The SMILES string of the molecule is Cc1ccc(C[CH2][Mg+])cc1.[Cl-]. The molecule has 0 aliphatic heterocycles. The molecule has 0 unspecified atom stereocenters. The molecular formula is C9H11ClMg. The largest absolute Gasteiger partial charge is 1.00 e. The maximum absolute atomic E-state index is 2.21. The zero-order valence-corrected chi connectivity index (χ0v) is 8.98. The average molecular weight is 179 g/mol. The van der Waals surface area contributed by atoms with Gasteiger partial charge in [0, 0.05) is 0 Å². The van der Waals surface area contributed by atoms with Crippen molar-refractivity contribution in [2.24, 2.45) is 0 Å². The van der Waals surface area contributed by atoms with Crippen molar-refractivity contribution in [1.29, 1.82) is 0 Å².